The van der Waals surface area contributed by atoms with Crippen LogP contribution in [-0.4, -0.2) is 27.4 Å². The third kappa shape index (κ3) is 5.77. The fraction of sp³-hybridized carbons (Fsp3) is 0.364. The number of carbonyl (C=O) groups excluding carboxylic acids is 2. The lowest BCUT2D eigenvalue weighted by molar-refractivity contribution is -0.115. The zero-order chi connectivity index (χ0) is 22.7. The number of aromatic nitrogens is 1. The monoisotopic (exact) mass is 412 g/mol. The van der Waals surface area contributed by atoms with Gasteiger partial charge in [-0.1, -0.05) is 0 Å². The van der Waals surface area contributed by atoms with Gasteiger partial charge in [-0.15, -0.1) is 0 Å². The molecule has 1 aromatic heterocycles. The Balaban J connectivity index is 2.15. The van der Waals surface area contributed by atoms with E-state index in [0.717, 1.165) is 12.1 Å². The molecule has 7 nitrogen and oxygen atoms in total. The molecule has 0 aliphatic carbocycles. The van der Waals surface area contributed by atoms with Crippen LogP contribution >= 0.6 is 0 Å². The van der Waals surface area contributed by atoms with Crippen molar-refractivity contribution in [1.29, 1.82) is 5.26 Å². The number of hydrogen-bond donors (Lipinski definition) is 3. The second-order valence-corrected chi connectivity index (χ2v) is 8.56. The average molecular weight is 412 g/mol. The molecule has 3 N–H and O–H groups in total. The zero-order valence-electron chi connectivity index (χ0n) is 17.6. The average Bonchev–Trinajstić information content (AvgIpc) is 2.63. The lowest BCUT2D eigenvalue weighted by Gasteiger charge is -2.20. The minimum absolute atomic E-state index is 0.0118. The molecule has 0 atom stereocenters. The van der Waals surface area contributed by atoms with Gasteiger partial charge in [0.15, 0.2) is 0 Å². The van der Waals surface area contributed by atoms with Gasteiger partial charge in [-0.2, -0.15) is 5.26 Å². The van der Waals surface area contributed by atoms with Crippen LogP contribution in [0.3, 0.4) is 0 Å². The summed E-state index contributed by atoms with van der Waals surface area (Å²) in [4.78, 5) is 28.6. The third-order valence-electron chi connectivity index (χ3n) is 4.23. The van der Waals surface area contributed by atoms with Gasteiger partial charge in [-0.3, -0.25) is 14.6 Å². The highest BCUT2D eigenvalue weighted by atomic mass is 19.1. The van der Waals surface area contributed by atoms with E-state index in [0.29, 0.717) is 5.69 Å². The van der Waals surface area contributed by atoms with Gasteiger partial charge in [0, 0.05) is 28.6 Å². The standard InChI is InChI=1S/C22H25FN4O3/c1-21(2,3)27-20(30)17-10-14(6-7-25-17)26-19(29)9-13-8-18(28)15(11-16(13)23)22(4,5)12-24/h6-8,10-11,28H,9H2,1-5H3,(H,27,30)(H,25,26,29). The molecule has 0 radical (unpaired) electrons. The number of nitrogens with one attached hydrogen (secondary N) is 2. The van der Waals surface area contributed by atoms with Crippen molar-refractivity contribution in [1.82, 2.24) is 10.3 Å². The highest BCUT2D eigenvalue weighted by Crippen LogP contribution is 2.32. The molecule has 8 heteroatoms. The summed E-state index contributed by atoms with van der Waals surface area (Å²) in [6.07, 6.45) is 1.05. The summed E-state index contributed by atoms with van der Waals surface area (Å²) in [5.74, 6) is -1.86. The number of nitrogens with zero attached hydrogens (tertiary/aromatic N) is 2. The second-order valence-electron chi connectivity index (χ2n) is 8.56. The number of nitriles is 1. The molecule has 2 aromatic rings. The fourth-order valence-electron chi connectivity index (χ4n) is 2.72. The van der Waals surface area contributed by atoms with E-state index in [-0.39, 0.29) is 34.9 Å². The number of pyridine rings is 1. The zero-order valence-corrected chi connectivity index (χ0v) is 17.6. The van der Waals surface area contributed by atoms with Gasteiger partial charge >= 0.3 is 0 Å². The Morgan fingerprint density at radius 1 is 1.20 bits per heavy atom. The predicted molar refractivity (Wildman–Crippen MR) is 110 cm³/mol. The lowest BCUT2D eigenvalue weighted by atomic mass is 9.85. The van der Waals surface area contributed by atoms with Crippen molar-refractivity contribution >= 4 is 17.5 Å². The number of hydrogen-bond acceptors (Lipinski definition) is 5. The van der Waals surface area contributed by atoms with E-state index < -0.39 is 22.7 Å². The molecule has 0 bridgehead atoms. The molecule has 0 aliphatic rings. The first kappa shape index (κ1) is 22.8. The van der Waals surface area contributed by atoms with Crippen LogP contribution in [0.4, 0.5) is 10.1 Å². The van der Waals surface area contributed by atoms with Gasteiger partial charge in [-0.25, -0.2) is 4.39 Å². The van der Waals surface area contributed by atoms with E-state index in [4.69, 9.17) is 0 Å². The number of amides is 2. The van der Waals surface area contributed by atoms with Crippen LogP contribution in [0.5, 0.6) is 5.75 Å². The fourth-order valence-corrected chi connectivity index (χ4v) is 2.72. The van der Waals surface area contributed by atoms with E-state index in [2.05, 4.69) is 15.6 Å². The number of benzene rings is 1. The van der Waals surface area contributed by atoms with Crippen molar-refractivity contribution in [3.8, 4) is 11.8 Å². The molecule has 0 fully saturated rings. The molecule has 0 saturated carbocycles. The Labute approximate surface area is 174 Å². The van der Waals surface area contributed by atoms with Gasteiger partial charge < -0.3 is 15.7 Å². The summed E-state index contributed by atoms with van der Waals surface area (Å²) in [5, 5.41) is 24.7. The van der Waals surface area contributed by atoms with Crippen molar-refractivity contribution in [2.75, 3.05) is 5.32 Å². The summed E-state index contributed by atoms with van der Waals surface area (Å²) < 4.78 is 14.5. The highest BCUT2D eigenvalue weighted by Gasteiger charge is 2.26. The number of aromatic hydroxyl groups is 1. The number of phenolic OH excluding ortho intramolecular Hbond substituents is 1. The Morgan fingerprint density at radius 3 is 2.47 bits per heavy atom. The summed E-state index contributed by atoms with van der Waals surface area (Å²) in [7, 11) is 0. The van der Waals surface area contributed by atoms with Gasteiger partial charge in [0.25, 0.3) is 5.91 Å². The molecule has 0 unspecified atom stereocenters. The SMILES string of the molecule is CC(C)(C)NC(=O)c1cc(NC(=O)Cc2cc(O)c(C(C)(C)C#N)cc2F)ccn1. The van der Waals surface area contributed by atoms with Crippen LogP contribution < -0.4 is 10.6 Å². The lowest BCUT2D eigenvalue weighted by Crippen LogP contribution is -2.40. The highest BCUT2D eigenvalue weighted by molar-refractivity contribution is 5.96. The molecule has 158 valence electrons. The van der Waals surface area contributed by atoms with Crippen LogP contribution in [0.1, 0.15) is 56.2 Å². The van der Waals surface area contributed by atoms with Crippen LogP contribution in [0, 0.1) is 17.1 Å². The first-order valence-corrected chi connectivity index (χ1v) is 9.34. The molecular weight excluding hydrogens is 387 g/mol. The van der Waals surface area contributed by atoms with Crippen molar-refractivity contribution < 1.29 is 19.1 Å². The largest absolute Gasteiger partial charge is 0.508 e. The van der Waals surface area contributed by atoms with Gasteiger partial charge in [-0.05, 0) is 58.9 Å². The van der Waals surface area contributed by atoms with E-state index >= 15 is 0 Å². The third-order valence-corrected chi connectivity index (χ3v) is 4.23. The van der Waals surface area contributed by atoms with Crippen molar-refractivity contribution in [2.24, 2.45) is 0 Å². The van der Waals surface area contributed by atoms with Crippen LogP contribution in [0.15, 0.2) is 30.5 Å². The Hall–Kier alpha value is -3.47. The van der Waals surface area contributed by atoms with E-state index in [1.54, 1.807) is 13.8 Å². The van der Waals surface area contributed by atoms with E-state index in [1.165, 1.54) is 18.3 Å². The number of halogens is 1. The number of carbonyl (C=O) groups is 2. The Bertz CT molecular complexity index is 1020. The topological polar surface area (TPSA) is 115 Å². The molecule has 1 aromatic carbocycles. The second kappa shape index (κ2) is 8.49. The van der Waals surface area contributed by atoms with Crippen molar-refractivity contribution in [3.63, 3.8) is 0 Å². The first-order chi connectivity index (χ1) is 13.8. The molecule has 30 heavy (non-hydrogen) atoms. The summed E-state index contributed by atoms with van der Waals surface area (Å²) in [6, 6.07) is 7.16. The number of anilines is 1. The maximum Gasteiger partial charge on any atom is 0.270 e. The van der Waals surface area contributed by atoms with Crippen molar-refractivity contribution in [3.05, 3.63) is 53.1 Å². The molecule has 1 heterocycles. The Morgan fingerprint density at radius 2 is 1.87 bits per heavy atom. The molecule has 0 aliphatic heterocycles. The van der Waals surface area contributed by atoms with E-state index in [9.17, 15) is 24.3 Å². The number of rotatable bonds is 5. The quantitative estimate of drug-likeness (QED) is 0.696. The van der Waals surface area contributed by atoms with Gasteiger partial charge in [0.2, 0.25) is 5.91 Å². The summed E-state index contributed by atoms with van der Waals surface area (Å²) in [5.41, 5.74) is -0.913. The van der Waals surface area contributed by atoms with Crippen LogP contribution in [0.2, 0.25) is 0 Å². The minimum atomic E-state index is -1.08. The van der Waals surface area contributed by atoms with Crippen LogP contribution in [-0.2, 0) is 16.6 Å². The summed E-state index contributed by atoms with van der Waals surface area (Å²) >= 11 is 0. The maximum absolute atomic E-state index is 14.5. The maximum atomic E-state index is 14.5. The molecular formula is C22H25FN4O3. The first-order valence-electron chi connectivity index (χ1n) is 9.34. The molecule has 2 amide bonds. The van der Waals surface area contributed by atoms with Crippen LogP contribution in [0.25, 0.3) is 0 Å². The van der Waals surface area contributed by atoms with E-state index in [1.807, 2.05) is 26.8 Å². The molecule has 0 saturated heterocycles. The van der Waals surface area contributed by atoms with Crippen molar-refractivity contribution in [2.45, 2.75) is 52.0 Å². The van der Waals surface area contributed by atoms with Gasteiger partial charge in [0.05, 0.1) is 17.9 Å². The normalized spacial score (nSPS) is 11.5. The summed E-state index contributed by atoms with van der Waals surface area (Å²) in [6.45, 7) is 8.63. The Kier molecular flexibility index (Phi) is 6.46. The predicted octanol–water partition coefficient (Wildman–Crippen LogP) is 3.44. The molecule has 2 rings (SSSR count). The minimum Gasteiger partial charge on any atom is -0.508 e. The number of phenols is 1. The smallest absolute Gasteiger partial charge is 0.270 e. The molecule has 0 spiro atoms. The van der Waals surface area contributed by atoms with Gasteiger partial charge in [0.1, 0.15) is 17.3 Å².